The van der Waals surface area contributed by atoms with E-state index in [1.807, 2.05) is 18.2 Å². The maximum Gasteiger partial charge on any atom is 0.0738 e. The lowest BCUT2D eigenvalue weighted by atomic mass is 9.82. The van der Waals surface area contributed by atoms with Gasteiger partial charge in [-0.05, 0) is 24.3 Å². The quantitative estimate of drug-likeness (QED) is 0.794. The van der Waals surface area contributed by atoms with Gasteiger partial charge in [0.15, 0.2) is 0 Å². The molecule has 1 aromatic rings. The minimum absolute atomic E-state index is 0.0377. The van der Waals surface area contributed by atoms with Gasteiger partial charge in [0.1, 0.15) is 0 Å². The van der Waals surface area contributed by atoms with Crippen LogP contribution in [0.3, 0.4) is 0 Å². The average Bonchev–Trinajstić information content (AvgIpc) is 2.39. The second-order valence-corrected chi connectivity index (χ2v) is 5.26. The van der Waals surface area contributed by atoms with Gasteiger partial charge in [0, 0.05) is 6.04 Å². The van der Waals surface area contributed by atoms with Crippen LogP contribution in [-0.4, -0.2) is 6.04 Å². The van der Waals surface area contributed by atoms with E-state index in [-0.39, 0.29) is 11.4 Å². The molecule has 1 saturated carbocycles. The lowest BCUT2D eigenvalue weighted by Gasteiger charge is -2.30. The summed E-state index contributed by atoms with van der Waals surface area (Å²) in [5.41, 5.74) is 7.45. The highest BCUT2D eigenvalue weighted by Crippen LogP contribution is 2.34. The van der Waals surface area contributed by atoms with Crippen LogP contribution >= 0.6 is 11.6 Å². The second kappa shape index (κ2) is 5.70. The largest absolute Gasteiger partial charge is 0.326 e. The Morgan fingerprint density at radius 3 is 2.31 bits per heavy atom. The van der Waals surface area contributed by atoms with E-state index < -0.39 is 0 Å². The minimum atomic E-state index is -0.0377. The molecule has 1 aromatic carbocycles. The molecular formula is C14H20ClN. The van der Waals surface area contributed by atoms with E-state index in [0.717, 1.165) is 5.56 Å². The zero-order valence-electron chi connectivity index (χ0n) is 9.61. The molecule has 0 aromatic heterocycles. The number of hydrogen-bond donors (Lipinski definition) is 1. The van der Waals surface area contributed by atoms with Crippen molar-refractivity contribution in [1.29, 1.82) is 0 Å². The van der Waals surface area contributed by atoms with E-state index in [4.69, 9.17) is 17.3 Å². The number of halogens is 1. The Kier molecular flexibility index (Phi) is 4.25. The van der Waals surface area contributed by atoms with Crippen LogP contribution in [0.15, 0.2) is 30.3 Å². The number of nitrogens with two attached hydrogens (primary N) is 1. The summed E-state index contributed by atoms with van der Waals surface area (Å²) in [7, 11) is 0. The van der Waals surface area contributed by atoms with E-state index in [0.29, 0.717) is 5.92 Å². The van der Waals surface area contributed by atoms with Gasteiger partial charge in [-0.15, -0.1) is 11.6 Å². The molecule has 1 aliphatic rings. The van der Waals surface area contributed by atoms with Gasteiger partial charge in [-0.25, -0.2) is 0 Å². The van der Waals surface area contributed by atoms with Crippen molar-refractivity contribution in [2.24, 2.45) is 11.7 Å². The normalized spacial score (nSPS) is 21.6. The summed E-state index contributed by atoms with van der Waals surface area (Å²) in [5, 5.41) is -0.0377. The summed E-state index contributed by atoms with van der Waals surface area (Å²) in [6.07, 6.45) is 6.49. The summed E-state index contributed by atoms with van der Waals surface area (Å²) >= 11 is 6.47. The molecule has 0 amide bonds. The second-order valence-electron chi connectivity index (χ2n) is 4.79. The standard InChI is InChI=1S/C14H20ClN/c15-13(11-7-3-1-4-8-11)14(16)12-9-5-2-6-10-12/h1,3-4,7-8,12-14H,2,5-6,9-10,16H2. The highest BCUT2D eigenvalue weighted by atomic mass is 35.5. The molecule has 88 valence electrons. The molecule has 0 radical (unpaired) electrons. The Morgan fingerprint density at radius 1 is 1.06 bits per heavy atom. The Bertz CT molecular complexity index is 306. The molecule has 2 unspecified atom stereocenters. The summed E-state index contributed by atoms with van der Waals surface area (Å²) in [4.78, 5) is 0. The summed E-state index contributed by atoms with van der Waals surface area (Å²) in [6.45, 7) is 0. The molecule has 2 N–H and O–H groups in total. The van der Waals surface area contributed by atoms with Crippen molar-refractivity contribution in [1.82, 2.24) is 0 Å². The van der Waals surface area contributed by atoms with Crippen LogP contribution in [-0.2, 0) is 0 Å². The molecular weight excluding hydrogens is 218 g/mol. The fourth-order valence-electron chi connectivity index (χ4n) is 2.62. The van der Waals surface area contributed by atoms with Crippen molar-refractivity contribution in [3.05, 3.63) is 35.9 Å². The number of benzene rings is 1. The first-order valence-corrected chi connectivity index (χ1v) is 6.67. The molecule has 1 nitrogen and oxygen atoms in total. The van der Waals surface area contributed by atoms with Gasteiger partial charge in [-0.3, -0.25) is 0 Å². The average molecular weight is 238 g/mol. The third-order valence-electron chi connectivity index (χ3n) is 3.65. The van der Waals surface area contributed by atoms with Gasteiger partial charge < -0.3 is 5.73 Å². The third-order valence-corrected chi connectivity index (χ3v) is 4.19. The summed E-state index contributed by atoms with van der Waals surface area (Å²) in [6, 6.07) is 10.3. The van der Waals surface area contributed by atoms with Crippen LogP contribution in [0.25, 0.3) is 0 Å². The Balaban J connectivity index is 2.00. The molecule has 2 atom stereocenters. The molecule has 0 bridgehead atoms. The van der Waals surface area contributed by atoms with Gasteiger partial charge in [0.25, 0.3) is 0 Å². The van der Waals surface area contributed by atoms with Crippen LogP contribution in [0.5, 0.6) is 0 Å². The van der Waals surface area contributed by atoms with Gasteiger partial charge in [-0.1, -0.05) is 49.6 Å². The first kappa shape index (κ1) is 11.9. The van der Waals surface area contributed by atoms with Crippen molar-refractivity contribution in [3.63, 3.8) is 0 Å². The van der Waals surface area contributed by atoms with E-state index in [2.05, 4.69) is 12.1 Å². The molecule has 0 heterocycles. The van der Waals surface area contributed by atoms with Crippen molar-refractivity contribution < 1.29 is 0 Å². The highest BCUT2D eigenvalue weighted by Gasteiger charge is 2.26. The summed E-state index contributed by atoms with van der Waals surface area (Å²) in [5.74, 6) is 0.608. The Morgan fingerprint density at radius 2 is 1.69 bits per heavy atom. The van der Waals surface area contributed by atoms with Crippen LogP contribution in [0.1, 0.15) is 43.0 Å². The number of hydrogen-bond acceptors (Lipinski definition) is 1. The SMILES string of the molecule is NC(C1CCCCC1)C(Cl)c1ccccc1. The molecule has 0 saturated heterocycles. The molecule has 16 heavy (non-hydrogen) atoms. The van der Waals surface area contributed by atoms with Crippen molar-refractivity contribution in [2.75, 3.05) is 0 Å². The Hall–Kier alpha value is -0.530. The summed E-state index contributed by atoms with van der Waals surface area (Å²) < 4.78 is 0. The molecule has 1 aliphatic carbocycles. The van der Waals surface area contributed by atoms with Crippen LogP contribution in [0.4, 0.5) is 0 Å². The van der Waals surface area contributed by atoms with E-state index in [9.17, 15) is 0 Å². The minimum Gasteiger partial charge on any atom is -0.326 e. The zero-order valence-corrected chi connectivity index (χ0v) is 10.4. The van der Waals surface area contributed by atoms with E-state index in [1.165, 1.54) is 32.1 Å². The lowest BCUT2D eigenvalue weighted by molar-refractivity contribution is 0.299. The predicted octanol–water partition coefficient (Wildman–Crippen LogP) is 3.87. The van der Waals surface area contributed by atoms with Gasteiger partial charge in [0.05, 0.1) is 5.38 Å². The van der Waals surface area contributed by atoms with Gasteiger partial charge in [0.2, 0.25) is 0 Å². The third kappa shape index (κ3) is 2.78. The van der Waals surface area contributed by atoms with Crippen LogP contribution in [0, 0.1) is 5.92 Å². The van der Waals surface area contributed by atoms with Crippen molar-refractivity contribution in [3.8, 4) is 0 Å². The molecule has 0 aliphatic heterocycles. The maximum absolute atomic E-state index is 6.47. The first-order chi connectivity index (χ1) is 7.79. The Labute approximate surface area is 103 Å². The van der Waals surface area contributed by atoms with Crippen LogP contribution < -0.4 is 5.73 Å². The van der Waals surface area contributed by atoms with E-state index >= 15 is 0 Å². The first-order valence-electron chi connectivity index (χ1n) is 6.23. The van der Waals surface area contributed by atoms with Gasteiger partial charge >= 0.3 is 0 Å². The number of alkyl halides is 1. The number of rotatable bonds is 3. The molecule has 2 heteroatoms. The monoisotopic (exact) mass is 237 g/mol. The highest BCUT2D eigenvalue weighted by molar-refractivity contribution is 6.21. The maximum atomic E-state index is 6.47. The van der Waals surface area contributed by atoms with E-state index in [1.54, 1.807) is 0 Å². The fraction of sp³-hybridized carbons (Fsp3) is 0.571. The van der Waals surface area contributed by atoms with Crippen molar-refractivity contribution >= 4 is 11.6 Å². The fourth-order valence-corrected chi connectivity index (χ4v) is 2.97. The molecule has 1 fully saturated rings. The lowest BCUT2D eigenvalue weighted by Crippen LogP contribution is -2.35. The zero-order chi connectivity index (χ0) is 11.4. The topological polar surface area (TPSA) is 26.0 Å². The van der Waals surface area contributed by atoms with Gasteiger partial charge in [-0.2, -0.15) is 0 Å². The molecule has 0 spiro atoms. The smallest absolute Gasteiger partial charge is 0.0738 e. The predicted molar refractivity (Wildman–Crippen MR) is 69.6 cm³/mol. The van der Waals surface area contributed by atoms with Crippen molar-refractivity contribution in [2.45, 2.75) is 43.5 Å². The molecule has 2 rings (SSSR count). The van der Waals surface area contributed by atoms with Crippen LogP contribution in [0.2, 0.25) is 0 Å².